The number of nitrogens with zero attached hydrogens (tertiary/aromatic N) is 7. The fourth-order valence-corrected chi connectivity index (χ4v) is 9.39. The van der Waals surface area contributed by atoms with Crippen LogP contribution in [0.4, 0.5) is 26.0 Å². The highest BCUT2D eigenvalue weighted by atomic mass is 19.1. The number of piperazine rings is 1. The first kappa shape index (κ1) is 35.0. The van der Waals surface area contributed by atoms with Crippen LogP contribution in [0.2, 0.25) is 0 Å². The summed E-state index contributed by atoms with van der Waals surface area (Å²) in [5.41, 5.74) is 3.05. The summed E-state index contributed by atoms with van der Waals surface area (Å²) in [6.07, 6.45) is 14.3. The van der Waals surface area contributed by atoms with Gasteiger partial charge in [-0.25, -0.2) is 8.78 Å². The highest BCUT2D eigenvalue weighted by Gasteiger charge is 2.48. The first-order chi connectivity index (χ1) is 25.4. The highest BCUT2D eigenvalue weighted by Crippen LogP contribution is 2.43. The van der Waals surface area contributed by atoms with Gasteiger partial charge in [0.25, 0.3) is 0 Å². The van der Waals surface area contributed by atoms with Crippen LogP contribution in [-0.4, -0.2) is 93.0 Å². The molecular weight excluding hydrogens is 676 g/mol. The molecule has 0 spiro atoms. The first-order valence-electron chi connectivity index (χ1n) is 18.4. The van der Waals surface area contributed by atoms with Crippen LogP contribution in [0.15, 0.2) is 55.0 Å². The average molecular weight is 722 g/mol. The van der Waals surface area contributed by atoms with Crippen molar-refractivity contribution in [1.82, 2.24) is 19.9 Å². The van der Waals surface area contributed by atoms with E-state index in [0.29, 0.717) is 49.7 Å². The monoisotopic (exact) mass is 721 g/mol. The van der Waals surface area contributed by atoms with E-state index in [2.05, 4.69) is 29.3 Å². The van der Waals surface area contributed by atoms with E-state index in [1.807, 2.05) is 39.8 Å². The molecule has 1 unspecified atom stereocenters. The van der Waals surface area contributed by atoms with Crippen LogP contribution in [0.1, 0.15) is 62.4 Å². The van der Waals surface area contributed by atoms with E-state index in [0.717, 1.165) is 34.8 Å². The van der Waals surface area contributed by atoms with Gasteiger partial charge in [0, 0.05) is 43.4 Å². The number of halogens is 2. The van der Waals surface area contributed by atoms with Gasteiger partial charge in [0.2, 0.25) is 5.91 Å². The van der Waals surface area contributed by atoms with Crippen LogP contribution in [0.5, 0.6) is 6.01 Å². The minimum absolute atomic E-state index is 0.0000168. The Morgan fingerprint density at radius 1 is 1.21 bits per heavy atom. The zero-order chi connectivity index (χ0) is 37.2. The summed E-state index contributed by atoms with van der Waals surface area (Å²) in [6.45, 7) is 11.5. The van der Waals surface area contributed by atoms with E-state index in [1.165, 1.54) is 12.1 Å². The zero-order valence-electron chi connectivity index (χ0n) is 30.4. The molecule has 6 heterocycles. The summed E-state index contributed by atoms with van der Waals surface area (Å²) >= 11 is 0. The number of terminal acetylenes is 1. The Bertz CT molecular complexity index is 2030. The van der Waals surface area contributed by atoms with Crippen molar-refractivity contribution in [3.63, 3.8) is 0 Å². The van der Waals surface area contributed by atoms with Gasteiger partial charge in [-0.3, -0.25) is 9.78 Å². The standard InChI is InChI=1S/C41H45F2N7O3/c1-6-31-33(43)13-10-26-17-41(5,52)23-48(37(26)31)28-11-12-32-34(16-28)45-39(53-24-40(4)18-27(42)20-49(40)29-9-8-14-44-19-29)46-38(32)47-21-30-15-25(3)35(22-47)50(30)36(51)7-2/h1,7-10,13-14,16,19,25,27,30,35,52H,2,11-12,15,17-18,20-24H2,3-5H3/t25?,27-,30-,35-,40+,41+/m1/s1. The Morgan fingerprint density at radius 3 is 2.77 bits per heavy atom. The number of aliphatic hydroxyl groups is 1. The number of amides is 1. The number of hydrogen-bond donors (Lipinski definition) is 1. The van der Waals surface area contributed by atoms with Crippen LogP contribution < -0.4 is 19.4 Å². The quantitative estimate of drug-likeness (QED) is 0.265. The summed E-state index contributed by atoms with van der Waals surface area (Å²) in [7, 11) is 0. The van der Waals surface area contributed by atoms with Gasteiger partial charge in [-0.15, -0.1) is 6.42 Å². The minimum Gasteiger partial charge on any atom is -0.461 e. The van der Waals surface area contributed by atoms with Crippen molar-refractivity contribution in [3.05, 3.63) is 83.2 Å². The lowest BCUT2D eigenvalue weighted by Crippen LogP contribution is -2.56. The Morgan fingerprint density at radius 2 is 2.04 bits per heavy atom. The topological polar surface area (TPSA) is 98.2 Å². The third-order valence-corrected chi connectivity index (χ3v) is 11.8. The van der Waals surface area contributed by atoms with E-state index >= 15 is 8.78 Å². The second-order valence-corrected chi connectivity index (χ2v) is 15.9. The third-order valence-electron chi connectivity index (χ3n) is 11.8. The second kappa shape index (κ2) is 13.1. The van der Waals surface area contributed by atoms with Crippen molar-refractivity contribution < 1.29 is 23.4 Å². The number of carbonyl (C=O) groups is 1. The number of aromatic nitrogens is 3. The predicted octanol–water partition coefficient (Wildman–Crippen LogP) is 5.09. The molecule has 3 fully saturated rings. The molecule has 10 nitrogen and oxygen atoms in total. The number of ether oxygens (including phenoxy) is 1. The number of allylic oxidation sites excluding steroid dienone is 1. The lowest BCUT2D eigenvalue weighted by molar-refractivity contribution is -0.129. The van der Waals surface area contributed by atoms with Crippen molar-refractivity contribution in [2.24, 2.45) is 5.92 Å². The molecule has 1 aromatic carbocycles. The van der Waals surface area contributed by atoms with Crippen LogP contribution in [0.3, 0.4) is 0 Å². The molecular formula is C41H45F2N7O3. The van der Waals surface area contributed by atoms with Crippen molar-refractivity contribution in [2.45, 2.75) is 82.3 Å². The molecule has 3 saturated heterocycles. The molecule has 1 N–H and O–H groups in total. The predicted molar refractivity (Wildman–Crippen MR) is 200 cm³/mol. The average Bonchev–Trinajstić information content (AvgIpc) is 3.56. The lowest BCUT2D eigenvalue weighted by atomic mass is 9.86. The number of β-amino-alcohol motifs (C(OH)–C–C–N with tert-alkyl or cyclic N) is 1. The Hall–Kier alpha value is -5.02. The Balaban J connectivity index is 1.19. The normalized spacial score (nSPS) is 29.0. The molecule has 2 aromatic heterocycles. The largest absolute Gasteiger partial charge is 0.461 e. The Labute approximate surface area is 309 Å². The van der Waals surface area contributed by atoms with E-state index < -0.39 is 23.1 Å². The van der Waals surface area contributed by atoms with Gasteiger partial charge < -0.3 is 29.4 Å². The molecule has 6 atom stereocenters. The van der Waals surface area contributed by atoms with Gasteiger partial charge >= 0.3 is 6.01 Å². The molecule has 5 aliphatic rings. The molecule has 276 valence electrons. The number of pyridine rings is 1. The molecule has 2 bridgehead atoms. The van der Waals surface area contributed by atoms with Gasteiger partial charge in [-0.2, -0.15) is 9.97 Å². The SMILES string of the molecule is C#Cc1c(F)ccc2c1N(C1=Cc3nc(OC[C@]4(C)C[C@@H](F)CN4c4cccnc4)nc(N4C[C@H]5CC(C)[C@@H](C4)N5C(=O)C=C)c3CC1)C[C@@](C)(O)C2. The summed E-state index contributed by atoms with van der Waals surface area (Å²) < 4.78 is 36.6. The van der Waals surface area contributed by atoms with E-state index in [9.17, 15) is 9.90 Å². The number of rotatable bonds is 7. The number of carbonyl (C=O) groups excluding carboxylic acids is 1. The Kier molecular flexibility index (Phi) is 8.68. The second-order valence-electron chi connectivity index (χ2n) is 15.9. The summed E-state index contributed by atoms with van der Waals surface area (Å²) in [6, 6.07) is 6.99. The molecule has 3 aromatic rings. The molecule has 12 heteroatoms. The fraction of sp³-hybridized carbons (Fsp3) is 0.463. The summed E-state index contributed by atoms with van der Waals surface area (Å²) in [5.74, 6) is 3.07. The molecule has 8 rings (SSSR count). The fourth-order valence-electron chi connectivity index (χ4n) is 9.39. The van der Waals surface area contributed by atoms with Gasteiger partial charge in [0.1, 0.15) is 24.4 Å². The summed E-state index contributed by atoms with van der Waals surface area (Å²) in [4.78, 5) is 35.4. The third kappa shape index (κ3) is 6.18. The maximum Gasteiger partial charge on any atom is 0.319 e. The van der Waals surface area contributed by atoms with Crippen LogP contribution in [0, 0.1) is 24.1 Å². The molecule has 53 heavy (non-hydrogen) atoms. The lowest BCUT2D eigenvalue weighted by Gasteiger charge is -2.43. The summed E-state index contributed by atoms with van der Waals surface area (Å²) in [5, 5.41) is 11.3. The van der Waals surface area contributed by atoms with Gasteiger partial charge in [-0.05, 0) is 74.9 Å². The van der Waals surface area contributed by atoms with Crippen molar-refractivity contribution in [3.8, 4) is 18.4 Å². The maximum absolute atomic E-state index is 15.1. The number of anilines is 3. The van der Waals surface area contributed by atoms with E-state index in [4.69, 9.17) is 21.1 Å². The zero-order valence-corrected chi connectivity index (χ0v) is 30.4. The van der Waals surface area contributed by atoms with Gasteiger partial charge in [-0.1, -0.05) is 25.5 Å². The van der Waals surface area contributed by atoms with E-state index in [1.54, 1.807) is 25.4 Å². The number of alkyl halides is 1. The van der Waals surface area contributed by atoms with E-state index in [-0.39, 0.29) is 55.7 Å². The van der Waals surface area contributed by atoms with Crippen molar-refractivity contribution in [2.75, 3.05) is 47.5 Å². The molecule has 0 radical (unpaired) electrons. The van der Waals surface area contributed by atoms with Crippen LogP contribution in [-0.2, 0) is 17.6 Å². The van der Waals surface area contributed by atoms with Crippen molar-refractivity contribution in [1.29, 1.82) is 0 Å². The van der Waals surface area contributed by atoms with Crippen LogP contribution >= 0.6 is 0 Å². The van der Waals surface area contributed by atoms with Gasteiger partial charge in [0.15, 0.2) is 0 Å². The highest BCUT2D eigenvalue weighted by molar-refractivity contribution is 5.88. The smallest absolute Gasteiger partial charge is 0.319 e. The molecule has 0 saturated carbocycles. The molecule has 1 aliphatic carbocycles. The maximum atomic E-state index is 15.1. The number of fused-ring (bicyclic) bond motifs is 4. The van der Waals surface area contributed by atoms with Crippen molar-refractivity contribution >= 4 is 29.2 Å². The molecule has 4 aliphatic heterocycles. The molecule has 1 amide bonds. The number of hydrogen-bond acceptors (Lipinski definition) is 9. The number of benzene rings is 1. The van der Waals surface area contributed by atoms with Gasteiger partial charge in [0.05, 0.1) is 65.1 Å². The minimum atomic E-state index is -1.08. The van der Waals surface area contributed by atoms with Crippen LogP contribution in [0.25, 0.3) is 6.08 Å². The first-order valence-corrected chi connectivity index (χ1v) is 18.4.